The van der Waals surface area contributed by atoms with Crippen LogP contribution in [0.3, 0.4) is 0 Å². The van der Waals surface area contributed by atoms with E-state index in [1.54, 1.807) is 13.0 Å². The summed E-state index contributed by atoms with van der Waals surface area (Å²) < 4.78 is 10.4. The van der Waals surface area contributed by atoms with Crippen molar-refractivity contribution in [2.24, 2.45) is 0 Å². The predicted molar refractivity (Wildman–Crippen MR) is 62.0 cm³/mol. The summed E-state index contributed by atoms with van der Waals surface area (Å²) >= 11 is 0. The number of benzene rings is 1. The Balaban J connectivity index is 2.31. The number of nitro benzene ring substituents is 1. The minimum absolute atomic E-state index is 0.0327. The number of carbonyl (C=O) groups is 1. The molecule has 6 heteroatoms. The zero-order valence-corrected chi connectivity index (χ0v) is 9.45. The van der Waals surface area contributed by atoms with Crippen molar-refractivity contribution in [3.05, 3.63) is 51.8 Å². The van der Waals surface area contributed by atoms with Crippen LogP contribution in [-0.4, -0.2) is 11.2 Å². The van der Waals surface area contributed by atoms with Gasteiger partial charge in [-0.05, 0) is 19.1 Å². The van der Waals surface area contributed by atoms with Crippen molar-refractivity contribution in [1.82, 2.24) is 0 Å². The van der Waals surface area contributed by atoms with E-state index in [2.05, 4.69) is 0 Å². The maximum Gasteiger partial charge on any atom is 0.290 e. The third kappa shape index (κ3) is 2.22. The van der Waals surface area contributed by atoms with Gasteiger partial charge in [-0.1, -0.05) is 6.07 Å². The van der Waals surface area contributed by atoms with Gasteiger partial charge in [-0.3, -0.25) is 14.9 Å². The van der Waals surface area contributed by atoms with Crippen LogP contribution in [-0.2, 0) is 0 Å². The highest BCUT2D eigenvalue weighted by atomic mass is 16.6. The van der Waals surface area contributed by atoms with Crippen molar-refractivity contribution < 1.29 is 18.9 Å². The number of rotatable bonds is 4. The number of hydrogen-bond acceptors (Lipinski definition) is 5. The summed E-state index contributed by atoms with van der Waals surface area (Å²) in [4.78, 5) is 20.7. The van der Waals surface area contributed by atoms with Crippen LogP contribution in [0.25, 0.3) is 0 Å². The van der Waals surface area contributed by atoms with Gasteiger partial charge in [0.15, 0.2) is 12.0 Å². The summed E-state index contributed by atoms with van der Waals surface area (Å²) in [5, 5.41) is 10.8. The Morgan fingerprint density at radius 3 is 2.72 bits per heavy atom. The molecule has 0 aliphatic heterocycles. The highest BCUT2D eigenvalue weighted by Gasteiger charge is 2.15. The lowest BCUT2D eigenvalue weighted by atomic mass is 10.2. The van der Waals surface area contributed by atoms with Crippen LogP contribution in [0.1, 0.15) is 16.1 Å². The fraction of sp³-hybridized carbons (Fsp3) is 0.0833. The van der Waals surface area contributed by atoms with Gasteiger partial charge in [0.1, 0.15) is 5.75 Å². The lowest BCUT2D eigenvalue weighted by molar-refractivity contribution is -0.385. The molecule has 1 heterocycles. The normalized spacial score (nSPS) is 10.1. The maximum absolute atomic E-state index is 10.8. The van der Waals surface area contributed by atoms with E-state index in [4.69, 9.17) is 9.15 Å². The standard InChI is InChI=1S/C12H9NO5/c1-8-10(13(15)16)3-2-4-11(8)18-12-6-5-9(7-14)17-12/h2-7H,1H3. The van der Waals surface area contributed by atoms with Crippen LogP contribution >= 0.6 is 0 Å². The molecule has 0 saturated heterocycles. The minimum Gasteiger partial charge on any atom is -0.425 e. The van der Waals surface area contributed by atoms with Crippen molar-refractivity contribution in [1.29, 1.82) is 0 Å². The van der Waals surface area contributed by atoms with Crippen molar-refractivity contribution in [3.63, 3.8) is 0 Å². The van der Waals surface area contributed by atoms with Crippen LogP contribution in [0.5, 0.6) is 11.7 Å². The highest BCUT2D eigenvalue weighted by molar-refractivity contribution is 5.70. The largest absolute Gasteiger partial charge is 0.425 e. The molecule has 0 fully saturated rings. The van der Waals surface area contributed by atoms with Gasteiger partial charge in [0.25, 0.3) is 11.6 Å². The lowest BCUT2D eigenvalue weighted by Gasteiger charge is -2.05. The Hall–Kier alpha value is -2.63. The molecular formula is C12H9NO5. The summed E-state index contributed by atoms with van der Waals surface area (Å²) in [6, 6.07) is 7.42. The SMILES string of the molecule is Cc1c(Oc2ccc(C=O)o2)cccc1[N+](=O)[O-]. The smallest absolute Gasteiger partial charge is 0.290 e. The molecule has 0 spiro atoms. The molecule has 0 N–H and O–H groups in total. The topological polar surface area (TPSA) is 82.6 Å². The molecule has 92 valence electrons. The van der Waals surface area contributed by atoms with E-state index >= 15 is 0 Å². The first-order chi connectivity index (χ1) is 8.61. The molecule has 0 atom stereocenters. The third-order valence-electron chi connectivity index (χ3n) is 2.38. The summed E-state index contributed by atoms with van der Waals surface area (Å²) in [6.07, 6.45) is 0.549. The fourth-order valence-corrected chi connectivity index (χ4v) is 1.47. The van der Waals surface area contributed by atoms with Gasteiger partial charge in [-0.15, -0.1) is 0 Å². The van der Waals surface area contributed by atoms with Crippen molar-refractivity contribution in [2.75, 3.05) is 0 Å². The van der Waals surface area contributed by atoms with E-state index in [0.29, 0.717) is 17.6 Å². The van der Waals surface area contributed by atoms with Gasteiger partial charge in [0.2, 0.25) is 0 Å². The van der Waals surface area contributed by atoms with Gasteiger partial charge in [-0.2, -0.15) is 0 Å². The van der Waals surface area contributed by atoms with Gasteiger partial charge >= 0.3 is 0 Å². The Morgan fingerprint density at radius 2 is 2.11 bits per heavy atom. The number of carbonyl (C=O) groups excluding carboxylic acids is 1. The van der Waals surface area contributed by atoms with Gasteiger partial charge in [0, 0.05) is 12.1 Å². The van der Waals surface area contributed by atoms with Gasteiger partial charge in [0.05, 0.1) is 10.5 Å². The molecule has 18 heavy (non-hydrogen) atoms. The zero-order chi connectivity index (χ0) is 13.1. The summed E-state index contributed by atoms with van der Waals surface area (Å²) in [6.45, 7) is 1.58. The second-order valence-corrected chi connectivity index (χ2v) is 3.53. The fourth-order valence-electron chi connectivity index (χ4n) is 1.47. The molecule has 0 amide bonds. The van der Waals surface area contributed by atoms with Crippen molar-refractivity contribution in [3.8, 4) is 11.7 Å². The zero-order valence-electron chi connectivity index (χ0n) is 9.45. The van der Waals surface area contributed by atoms with E-state index in [-0.39, 0.29) is 17.4 Å². The molecule has 1 aromatic heterocycles. The van der Waals surface area contributed by atoms with Gasteiger partial charge in [-0.25, -0.2) is 0 Å². The number of aldehydes is 1. The Bertz CT molecular complexity index is 602. The van der Waals surface area contributed by atoms with Crippen LogP contribution in [0.4, 0.5) is 5.69 Å². The summed E-state index contributed by atoms with van der Waals surface area (Å²) in [5.74, 6) is 0.560. The molecule has 1 aromatic carbocycles. The number of hydrogen-bond donors (Lipinski definition) is 0. The Morgan fingerprint density at radius 1 is 1.33 bits per heavy atom. The molecule has 0 radical (unpaired) electrons. The Kier molecular flexibility index (Phi) is 3.09. The molecule has 2 rings (SSSR count). The third-order valence-corrected chi connectivity index (χ3v) is 2.38. The highest BCUT2D eigenvalue weighted by Crippen LogP contribution is 2.31. The number of nitro groups is 1. The quantitative estimate of drug-likeness (QED) is 0.471. The average Bonchev–Trinajstić information content (AvgIpc) is 2.79. The van der Waals surface area contributed by atoms with E-state index in [9.17, 15) is 14.9 Å². The van der Waals surface area contributed by atoms with E-state index in [1.807, 2.05) is 0 Å². The van der Waals surface area contributed by atoms with E-state index in [0.717, 1.165) is 0 Å². The minimum atomic E-state index is -0.485. The molecule has 0 bridgehead atoms. The van der Waals surface area contributed by atoms with Crippen molar-refractivity contribution >= 4 is 12.0 Å². The van der Waals surface area contributed by atoms with E-state index < -0.39 is 4.92 Å². The summed E-state index contributed by atoms with van der Waals surface area (Å²) in [7, 11) is 0. The first-order valence-electron chi connectivity index (χ1n) is 5.08. The van der Waals surface area contributed by atoms with E-state index in [1.165, 1.54) is 24.3 Å². The first kappa shape index (κ1) is 11.8. The summed E-state index contributed by atoms with van der Waals surface area (Å²) in [5.41, 5.74) is 0.362. The second-order valence-electron chi connectivity index (χ2n) is 3.53. The van der Waals surface area contributed by atoms with Crippen LogP contribution < -0.4 is 4.74 Å². The average molecular weight is 247 g/mol. The van der Waals surface area contributed by atoms with Crippen molar-refractivity contribution in [2.45, 2.75) is 6.92 Å². The molecule has 0 aliphatic rings. The Labute approximate surface area is 102 Å². The van der Waals surface area contributed by atoms with Gasteiger partial charge < -0.3 is 9.15 Å². The molecule has 0 aliphatic carbocycles. The molecule has 0 unspecified atom stereocenters. The predicted octanol–water partition coefficient (Wildman–Crippen LogP) is 3.10. The second kappa shape index (κ2) is 4.70. The number of ether oxygens (including phenoxy) is 1. The monoisotopic (exact) mass is 247 g/mol. The molecule has 0 saturated carbocycles. The van der Waals surface area contributed by atoms with Crippen LogP contribution in [0.2, 0.25) is 0 Å². The van der Waals surface area contributed by atoms with Crippen LogP contribution in [0, 0.1) is 17.0 Å². The lowest BCUT2D eigenvalue weighted by Crippen LogP contribution is -1.94. The van der Waals surface area contributed by atoms with Crippen LogP contribution in [0.15, 0.2) is 34.7 Å². The maximum atomic E-state index is 10.8. The number of nitrogens with zero attached hydrogens (tertiary/aromatic N) is 1. The molecule has 6 nitrogen and oxygen atoms in total. The first-order valence-corrected chi connectivity index (χ1v) is 5.08. The molecular weight excluding hydrogens is 238 g/mol. The molecule has 2 aromatic rings. The number of furan rings is 1.